The normalized spacial score (nSPS) is 11.7. The van der Waals surface area contributed by atoms with Crippen LogP contribution in [0.15, 0.2) is 115 Å². The lowest BCUT2D eigenvalue weighted by molar-refractivity contribution is -0.154. The highest BCUT2D eigenvalue weighted by atomic mass is 31.2. The van der Waals surface area contributed by atoms with Crippen LogP contribution in [0, 0.1) is 0 Å². The van der Waals surface area contributed by atoms with Gasteiger partial charge in [0.1, 0.15) is 28.8 Å². The lowest BCUT2D eigenvalue weighted by atomic mass is 10.1. The van der Waals surface area contributed by atoms with E-state index in [0.717, 1.165) is 6.16 Å². The van der Waals surface area contributed by atoms with Crippen molar-refractivity contribution in [1.82, 2.24) is 0 Å². The molecule has 178 valence electrons. The van der Waals surface area contributed by atoms with E-state index in [1.807, 2.05) is 20.8 Å². The van der Waals surface area contributed by atoms with Crippen LogP contribution in [0.5, 0.6) is 0 Å². The van der Waals surface area contributed by atoms with Crippen LogP contribution in [-0.2, 0) is 22.1 Å². The minimum absolute atomic E-state index is 0.150. The van der Waals surface area contributed by atoms with E-state index < -0.39 is 12.9 Å². The third-order valence-corrected chi connectivity index (χ3v) is 10.4. The van der Waals surface area contributed by atoms with E-state index in [2.05, 4.69) is 115 Å². The molecule has 0 aliphatic rings. The molecule has 0 N–H and O–H groups in total. The summed E-state index contributed by atoms with van der Waals surface area (Å²) in [6.07, 6.45) is 1.98. The number of hydrogen-bond donors (Lipinski definition) is 0. The second-order valence-corrected chi connectivity index (χ2v) is 13.4. The molecule has 0 fully saturated rings. The number of esters is 1. The Morgan fingerprint density at radius 1 is 0.657 bits per heavy atom. The Morgan fingerprint density at radius 2 is 1.11 bits per heavy atom. The first kappa shape index (κ1) is 24.9. The van der Waals surface area contributed by atoms with Crippen molar-refractivity contribution >= 4 is 29.1 Å². The fourth-order valence-electron chi connectivity index (χ4n) is 4.56. The molecular weight excluding hydrogens is 447 g/mol. The van der Waals surface area contributed by atoms with Crippen LogP contribution in [0.1, 0.15) is 38.3 Å². The van der Waals surface area contributed by atoms with Crippen LogP contribution in [0.3, 0.4) is 0 Å². The van der Waals surface area contributed by atoms with E-state index in [-0.39, 0.29) is 5.97 Å². The van der Waals surface area contributed by atoms with Crippen LogP contribution in [0.2, 0.25) is 0 Å². The Bertz CT molecular complexity index is 1130. The molecule has 0 saturated carbocycles. The van der Waals surface area contributed by atoms with Crippen molar-refractivity contribution in [2.75, 3.05) is 0 Å². The molecule has 4 rings (SSSR count). The zero-order valence-electron chi connectivity index (χ0n) is 20.9. The SMILES string of the molecule is CC(C)(C)OC(=O)CCc1cccc(C[P+](c2ccccc2)(c2ccccc2)c2ccccc2)c1. The predicted octanol–water partition coefficient (Wildman–Crippen LogP) is 6.46. The summed E-state index contributed by atoms with van der Waals surface area (Å²) in [4.78, 5) is 12.3. The molecule has 0 aromatic heterocycles. The first-order chi connectivity index (χ1) is 16.9. The van der Waals surface area contributed by atoms with Crippen LogP contribution in [0.25, 0.3) is 0 Å². The molecule has 4 aromatic rings. The van der Waals surface area contributed by atoms with Crippen molar-refractivity contribution in [2.45, 2.75) is 45.4 Å². The Morgan fingerprint density at radius 3 is 1.57 bits per heavy atom. The quantitative estimate of drug-likeness (QED) is 0.213. The molecular formula is C32H34O2P+. The zero-order valence-corrected chi connectivity index (χ0v) is 21.7. The number of rotatable bonds is 8. The van der Waals surface area contributed by atoms with E-state index in [1.54, 1.807) is 0 Å². The summed E-state index contributed by atoms with van der Waals surface area (Å²) >= 11 is 0. The van der Waals surface area contributed by atoms with Gasteiger partial charge in [-0.1, -0.05) is 78.9 Å². The van der Waals surface area contributed by atoms with E-state index in [0.29, 0.717) is 12.8 Å². The smallest absolute Gasteiger partial charge is 0.306 e. The Kier molecular flexibility index (Phi) is 7.83. The van der Waals surface area contributed by atoms with E-state index in [1.165, 1.54) is 27.0 Å². The molecule has 0 unspecified atom stereocenters. The molecule has 0 aliphatic heterocycles. The summed E-state index contributed by atoms with van der Waals surface area (Å²) in [5.74, 6) is -0.150. The fourth-order valence-corrected chi connectivity index (χ4v) is 8.79. The first-order valence-corrected chi connectivity index (χ1v) is 14.2. The van der Waals surface area contributed by atoms with Crippen molar-refractivity contribution < 1.29 is 9.53 Å². The van der Waals surface area contributed by atoms with Gasteiger partial charge in [0.05, 0.1) is 6.16 Å². The molecule has 0 aliphatic carbocycles. The lowest BCUT2D eigenvalue weighted by Crippen LogP contribution is -2.32. The van der Waals surface area contributed by atoms with Crippen molar-refractivity contribution in [2.24, 2.45) is 0 Å². The Hall–Kier alpha value is -3.22. The third kappa shape index (κ3) is 6.27. The topological polar surface area (TPSA) is 26.3 Å². The van der Waals surface area contributed by atoms with Gasteiger partial charge in [0, 0.05) is 6.42 Å². The Balaban J connectivity index is 1.73. The molecule has 4 aromatic carbocycles. The van der Waals surface area contributed by atoms with Crippen molar-refractivity contribution in [3.8, 4) is 0 Å². The lowest BCUT2D eigenvalue weighted by Gasteiger charge is -2.28. The Labute approximate surface area is 210 Å². The molecule has 0 atom stereocenters. The summed E-state index contributed by atoms with van der Waals surface area (Å²) in [5.41, 5.74) is 2.00. The summed E-state index contributed by atoms with van der Waals surface area (Å²) in [6.45, 7) is 5.72. The summed E-state index contributed by atoms with van der Waals surface area (Å²) in [7, 11) is -1.95. The van der Waals surface area contributed by atoms with Gasteiger partial charge in [0.15, 0.2) is 0 Å². The zero-order chi connectivity index (χ0) is 24.7. The number of carbonyl (C=O) groups excluding carboxylic acids is 1. The van der Waals surface area contributed by atoms with Crippen LogP contribution < -0.4 is 15.9 Å². The molecule has 0 amide bonds. The average molecular weight is 482 g/mol. The minimum atomic E-state index is -1.95. The monoisotopic (exact) mass is 481 g/mol. The van der Waals surface area contributed by atoms with Crippen LogP contribution in [0.4, 0.5) is 0 Å². The van der Waals surface area contributed by atoms with Gasteiger partial charge < -0.3 is 4.74 Å². The van der Waals surface area contributed by atoms with Gasteiger partial charge in [0.25, 0.3) is 0 Å². The van der Waals surface area contributed by atoms with E-state index in [9.17, 15) is 4.79 Å². The third-order valence-electron chi connectivity index (χ3n) is 6.04. The highest BCUT2D eigenvalue weighted by Gasteiger charge is 2.45. The number of benzene rings is 4. The van der Waals surface area contributed by atoms with E-state index >= 15 is 0 Å². The van der Waals surface area contributed by atoms with Gasteiger partial charge in [-0.05, 0) is 74.7 Å². The predicted molar refractivity (Wildman–Crippen MR) is 149 cm³/mol. The molecule has 2 nitrogen and oxygen atoms in total. The average Bonchev–Trinajstić information content (AvgIpc) is 2.87. The van der Waals surface area contributed by atoms with Crippen molar-refractivity contribution in [3.05, 3.63) is 126 Å². The van der Waals surface area contributed by atoms with Gasteiger partial charge >= 0.3 is 5.97 Å². The molecule has 0 saturated heterocycles. The van der Waals surface area contributed by atoms with E-state index in [4.69, 9.17) is 4.74 Å². The molecule has 0 heterocycles. The summed E-state index contributed by atoms with van der Waals surface area (Å²) < 4.78 is 5.51. The van der Waals surface area contributed by atoms with Crippen LogP contribution >= 0.6 is 7.26 Å². The van der Waals surface area contributed by atoms with Gasteiger partial charge in [0.2, 0.25) is 0 Å². The summed E-state index contributed by atoms with van der Waals surface area (Å²) in [5, 5.41) is 4.12. The molecule has 0 radical (unpaired) electrons. The summed E-state index contributed by atoms with van der Waals surface area (Å²) in [6, 6.07) is 41.5. The first-order valence-electron chi connectivity index (χ1n) is 12.2. The maximum atomic E-state index is 12.3. The van der Waals surface area contributed by atoms with Crippen molar-refractivity contribution in [1.29, 1.82) is 0 Å². The molecule has 0 bridgehead atoms. The second kappa shape index (κ2) is 11.0. The largest absolute Gasteiger partial charge is 0.460 e. The van der Waals surface area contributed by atoms with Gasteiger partial charge in [-0.2, -0.15) is 0 Å². The molecule has 35 heavy (non-hydrogen) atoms. The molecule has 0 spiro atoms. The maximum Gasteiger partial charge on any atom is 0.306 e. The highest BCUT2D eigenvalue weighted by Crippen LogP contribution is 2.58. The molecule has 3 heteroatoms. The standard InChI is InChI=1S/C32H34O2P/c1-32(2,3)34-31(33)23-22-26-14-13-15-27(24-26)25-35(28-16-7-4-8-17-28,29-18-9-5-10-19-29)30-20-11-6-12-21-30/h4-21,24H,22-23,25H2,1-3H3/q+1. The van der Waals surface area contributed by atoms with Gasteiger partial charge in [-0.15, -0.1) is 0 Å². The minimum Gasteiger partial charge on any atom is -0.460 e. The van der Waals surface area contributed by atoms with Crippen LogP contribution in [-0.4, -0.2) is 11.6 Å². The number of aryl methyl sites for hydroxylation is 1. The highest BCUT2D eigenvalue weighted by molar-refractivity contribution is 7.95. The van der Waals surface area contributed by atoms with Crippen molar-refractivity contribution in [3.63, 3.8) is 0 Å². The maximum absolute atomic E-state index is 12.3. The number of ether oxygens (including phenoxy) is 1. The number of hydrogen-bond acceptors (Lipinski definition) is 2. The number of carbonyl (C=O) groups is 1. The van der Waals surface area contributed by atoms with Gasteiger partial charge in [-0.25, -0.2) is 0 Å². The second-order valence-electron chi connectivity index (χ2n) is 9.88. The fraction of sp³-hybridized carbons (Fsp3) is 0.219. The van der Waals surface area contributed by atoms with Gasteiger partial charge in [-0.3, -0.25) is 4.79 Å².